The van der Waals surface area contributed by atoms with Crippen LogP contribution in [-0.4, -0.2) is 19.6 Å². The van der Waals surface area contributed by atoms with Crippen LogP contribution in [0.2, 0.25) is 0 Å². The summed E-state index contributed by atoms with van der Waals surface area (Å²) in [5.74, 6) is 0.101. The van der Waals surface area contributed by atoms with E-state index in [1.54, 1.807) is 7.11 Å². The number of methoxy groups -OCH3 is 1. The van der Waals surface area contributed by atoms with E-state index in [-0.39, 0.29) is 5.91 Å². The molecule has 1 unspecified atom stereocenters. The van der Waals surface area contributed by atoms with Crippen molar-refractivity contribution in [3.8, 4) is 11.8 Å². The number of ether oxygens (including phenoxy) is 1. The van der Waals surface area contributed by atoms with E-state index in [0.717, 1.165) is 17.7 Å². The van der Waals surface area contributed by atoms with Crippen molar-refractivity contribution >= 4 is 5.91 Å². The van der Waals surface area contributed by atoms with Crippen LogP contribution in [0.15, 0.2) is 24.3 Å². The van der Waals surface area contributed by atoms with Gasteiger partial charge in [-0.25, -0.2) is 0 Å². The fourth-order valence-electron chi connectivity index (χ4n) is 1.90. The molecule has 1 aromatic carbocycles. The quantitative estimate of drug-likeness (QED) is 0.818. The van der Waals surface area contributed by atoms with Gasteiger partial charge in [0.2, 0.25) is 5.91 Å². The molecule has 0 aromatic heterocycles. The fraction of sp³-hybridized carbons (Fsp3) is 0.467. The van der Waals surface area contributed by atoms with Crippen molar-refractivity contribution in [2.45, 2.75) is 26.2 Å². The van der Waals surface area contributed by atoms with Gasteiger partial charge in [0.15, 0.2) is 0 Å². The number of carbonyl (C=O) groups excluding carboxylic acids is 1. The lowest BCUT2D eigenvalue weighted by molar-refractivity contribution is -0.123. The highest BCUT2D eigenvalue weighted by Gasteiger charge is 2.15. The molecule has 19 heavy (non-hydrogen) atoms. The Bertz CT molecular complexity index is 452. The lowest BCUT2D eigenvalue weighted by atomic mass is 10.0. The molecular formula is C15H20N2O2. The molecule has 1 aromatic rings. The van der Waals surface area contributed by atoms with Crippen LogP contribution in [0.25, 0.3) is 0 Å². The first-order chi connectivity index (χ1) is 9.22. The van der Waals surface area contributed by atoms with Crippen LogP contribution in [0.3, 0.4) is 0 Å². The molecule has 4 nitrogen and oxygen atoms in total. The van der Waals surface area contributed by atoms with Crippen molar-refractivity contribution in [3.05, 3.63) is 29.8 Å². The Kier molecular flexibility index (Phi) is 6.45. The van der Waals surface area contributed by atoms with E-state index in [2.05, 4.69) is 5.32 Å². The summed E-state index contributed by atoms with van der Waals surface area (Å²) in [5, 5.41) is 11.7. The second kappa shape index (κ2) is 8.15. The van der Waals surface area contributed by atoms with Gasteiger partial charge < -0.3 is 10.1 Å². The van der Waals surface area contributed by atoms with Crippen molar-refractivity contribution in [3.63, 3.8) is 0 Å². The monoisotopic (exact) mass is 260 g/mol. The van der Waals surface area contributed by atoms with E-state index in [4.69, 9.17) is 10.00 Å². The summed E-state index contributed by atoms with van der Waals surface area (Å²) in [6.07, 6.45) is 2.13. The number of hydrogen-bond acceptors (Lipinski definition) is 3. The predicted octanol–water partition coefficient (Wildman–Crippen LogP) is 2.29. The normalized spacial score (nSPS) is 11.4. The van der Waals surface area contributed by atoms with Crippen LogP contribution >= 0.6 is 0 Å². The van der Waals surface area contributed by atoms with Gasteiger partial charge in [-0.2, -0.15) is 5.26 Å². The molecule has 1 N–H and O–H groups in total. The standard InChI is InChI=1S/C15H20N2O2/c1-3-6-13(11-16)15(18)17-10-9-12-7-4-5-8-14(12)19-2/h4-5,7-8,13H,3,6,9-10H2,1-2H3,(H,17,18). The zero-order valence-corrected chi connectivity index (χ0v) is 11.5. The molecule has 102 valence electrons. The SMILES string of the molecule is CCCC(C#N)C(=O)NCCc1ccccc1OC. The zero-order valence-electron chi connectivity index (χ0n) is 11.5. The van der Waals surface area contributed by atoms with Crippen LogP contribution in [0, 0.1) is 17.2 Å². The van der Waals surface area contributed by atoms with Gasteiger partial charge in [-0.05, 0) is 24.5 Å². The minimum Gasteiger partial charge on any atom is -0.496 e. The average molecular weight is 260 g/mol. The van der Waals surface area contributed by atoms with Gasteiger partial charge in [0.25, 0.3) is 0 Å². The van der Waals surface area contributed by atoms with Crippen LogP contribution in [-0.2, 0) is 11.2 Å². The molecule has 0 saturated heterocycles. The Morgan fingerprint density at radius 2 is 2.21 bits per heavy atom. The molecule has 0 bridgehead atoms. The van der Waals surface area contributed by atoms with E-state index in [1.165, 1.54) is 0 Å². The van der Waals surface area contributed by atoms with E-state index >= 15 is 0 Å². The maximum absolute atomic E-state index is 11.7. The van der Waals surface area contributed by atoms with Crippen molar-refractivity contribution in [2.75, 3.05) is 13.7 Å². The van der Waals surface area contributed by atoms with Crippen molar-refractivity contribution in [2.24, 2.45) is 5.92 Å². The number of nitriles is 1. The van der Waals surface area contributed by atoms with Gasteiger partial charge in [-0.1, -0.05) is 31.5 Å². The van der Waals surface area contributed by atoms with Gasteiger partial charge in [-0.15, -0.1) is 0 Å². The molecule has 0 radical (unpaired) electrons. The molecule has 1 amide bonds. The number of carbonyl (C=O) groups is 1. The summed E-state index contributed by atoms with van der Waals surface area (Å²) < 4.78 is 5.24. The number of nitrogens with zero attached hydrogens (tertiary/aromatic N) is 1. The van der Waals surface area contributed by atoms with E-state index in [1.807, 2.05) is 37.3 Å². The molecule has 0 fully saturated rings. The molecule has 0 aliphatic carbocycles. The first-order valence-corrected chi connectivity index (χ1v) is 6.52. The van der Waals surface area contributed by atoms with Crippen molar-refractivity contribution in [1.82, 2.24) is 5.32 Å². The second-order valence-corrected chi connectivity index (χ2v) is 4.32. The fourth-order valence-corrected chi connectivity index (χ4v) is 1.90. The minimum atomic E-state index is -0.539. The Morgan fingerprint density at radius 1 is 1.47 bits per heavy atom. The summed E-state index contributed by atoms with van der Waals surface area (Å²) in [4.78, 5) is 11.7. The largest absolute Gasteiger partial charge is 0.496 e. The summed E-state index contributed by atoms with van der Waals surface area (Å²) in [7, 11) is 1.63. The first-order valence-electron chi connectivity index (χ1n) is 6.52. The highest BCUT2D eigenvalue weighted by atomic mass is 16.5. The lowest BCUT2D eigenvalue weighted by Crippen LogP contribution is -2.31. The number of para-hydroxylation sites is 1. The van der Waals surface area contributed by atoms with Crippen LogP contribution in [0.4, 0.5) is 0 Å². The van der Waals surface area contributed by atoms with Gasteiger partial charge in [0, 0.05) is 6.54 Å². The maximum atomic E-state index is 11.7. The number of rotatable bonds is 7. The van der Waals surface area contributed by atoms with Crippen LogP contribution in [0.1, 0.15) is 25.3 Å². The maximum Gasteiger partial charge on any atom is 0.237 e. The molecular weight excluding hydrogens is 240 g/mol. The molecule has 0 aliphatic heterocycles. The van der Waals surface area contributed by atoms with Gasteiger partial charge in [-0.3, -0.25) is 4.79 Å². The Hall–Kier alpha value is -2.02. The summed E-state index contributed by atoms with van der Waals surface area (Å²) in [5.41, 5.74) is 1.05. The predicted molar refractivity (Wildman–Crippen MR) is 73.7 cm³/mol. The highest BCUT2D eigenvalue weighted by molar-refractivity contribution is 5.80. The summed E-state index contributed by atoms with van der Waals surface area (Å²) in [6, 6.07) is 9.75. The Labute approximate surface area is 114 Å². The second-order valence-electron chi connectivity index (χ2n) is 4.32. The van der Waals surface area contributed by atoms with E-state index in [9.17, 15) is 4.79 Å². The molecule has 1 atom stereocenters. The van der Waals surface area contributed by atoms with Crippen molar-refractivity contribution in [1.29, 1.82) is 5.26 Å². The molecule has 0 aliphatic rings. The van der Waals surface area contributed by atoms with E-state index < -0.39 is 5.92 Å². The Morgan fingerprint density at radius 3 is 2.84 bits per heavy atom. The number of amides is 1. The summed E-state index contributed by atoms with van der Waals surface area (Å²) >= 11 is 0. The van der Waals surface area contributed by atoms with Gasteiger partial charge in [0.05, 0.1) is 13.2 Å². The van der Waals surface area contributed by atoms with E-state index in [0.29, 0.717) is 19.4 Å². The highest BCUT2D eigenvalue weighted by Crippen LogP contribution is 2.17. The third-order valence-electron chi connectivity index (χ3n) is 2.94. The molecule has 0 saturated carbocycles. The van der Waals surface area contributed by atoms with Crippen molar-refractivity contribution < 1.29 is 9.53 Å². The molecule has 4 heteroatoms. The van der Waals surface area contributed by atoms with Crippen LogP contribution < -0.4 is 10.1 Å². The lowest BCUT2D eigenvalue weighted by Gasteiger charge is -2.11. The van der Waals surface area contributed by atoms with Crippen LogP contribution in [0.5, 0.6) is 5.75 Å². The first kappa shape index (κ1) is 15.0. The molecule has 0 heterocycles. The smallest absolute Gasteiger partial charge is 0.237 e. The Balaban J connectivity index is 2.46. The minimum absolute atomic E-state index is 0.181. The third kappa shape index (κ3) is 4.63. The zero-order chi connectivity index (χ0) is 14.1. The molecule has 0 spiro atoms. The summed E-state index contributed by atoms with van der Waals surface area (Å²) in [6.45, 7) is 2.48. The number of hydrogen-bond donors (Lipinski definition) is 1. The average Bonchev–Trinajstić information content (AvgIpc) is 2.45. The van der Waals surface area contributed by atoms with Gasteiger partial charge >= 0.3 is 0 Å². The number of nitrogens with one attached hydrogen (secondary N) is 1. The third-order valence-corrected chi connectivity index (χ3v) is 2.94. The molecule has 1 rings (SSSR count). The number of benzene rings is 1. The topological polar surface area (TPSA) is 62.1 Å². The van der Waals surface area contributed by atoms with Gasteiger partial charge in [0.1, 0.15) is 11.7 Å².